The van der Waals surface area contributed by atoms with Gasteiger partial charge in [0.2, 0.25) is 0 Å². The van der Waals surface area contributed by atoms with Crippen LogP contribution in [0.4, 0.5) is 0 Å². The number of methoxy groups -OCH3 is 2. The van der Waals surface area contributed by atoms with E-state index in [0.717, 1.165) is 14.2 Å². The third-order valence-corrected chi connectivity index (χ3v) is 1.25. The first kappa shape index (κ1) is 18.3. The van der Waals surface area contributed by atoms with E-state index in [1.807, 2.05) is 0 Å². The van der Waals surface area contributed by atoms with Crippen molar-refractivity contribution in [3.63, 3.8) is 0 Å². The number of carbonyl (C=O) groups excluding carboxylic acids is 4. The van der Waals surface area contributed by atoms with Crippen molar-refractivity contribution < 1.29 is 38.1 Å². The van der Waals surface area contributed by atoms with Crippen LogP contribution in [0.3, 0.4) is 0 Å². The van der Waals surface area contributed by atoms with Crippen LogP contribution in [-0.2, 0) is 38.1 Å². The zero-order valence-electron chi connectivity index (χ0n) is 10.7. The summed E-state index contributed by atoms with van der Waals surface area (Å²) < 4.78 is 16.7. The van der Waals surface area contributed by atoms with Crippen molar-refractivity contribution >= 4 is 23.9 Å². The van der Waals surface area contributed by atoms with Crippen LogP contribution in [0.5, 0.6) is 0 Å². The van der Waals surface area contributed by atoms with Crippen LogP contribution >= 0.6 is 0 Å². The van der Waals surface area contributed by atoms with Gasteiger partial charge in [-0.25, -0.2) is 19.2 Å². The zero-order valence-corrected chi connectivity index (χ0v) is 10.7. The van der Waals surface area contributed by atoms with E-state index in [0.29, 0.717) is 0 Å². The maximum absolute atomic E-state index is 10.4. The molecule has 0 radical (unpaired) electrons. The molecule has 0 heterocycles. The fraction of sp³-hybridized carbons (Fsp3) is 0.600. The molecule has 0 aromatic rings. The predicted octanol–water partition coefficient (Wildman–Crippen LogP) is -0.555. The molecule has 0 aromatic heterocycles. The van der Waals surface area contributed by atoms with E-state index in [9.17, 15) is 19.2 Å². The first-order chi connectivity index (χ1) is 8.44. The van der Waals surface area contributed by atoms with E-state index in [1.165, 1.54) is 0 Å². The molecule has 8 heteroatoms. The molecule has 0 aliphatic heterocycles. The lowest BCUT2D eigenvalue weighted by Gasteiger charge is -1.99. The van der Waals surface area contributed by atoms with Gasteiger partial charge in [-0.05, 0) is 13.8 Å². The Morgan fingerprint density at radius 3 is 1.11 bits per heavy atom. The number of hydrogen-bond acceptors (Lipinski definition) is 8. The first-order valence-corrected chi connectivity index (χ1v) is 4.94. The van der Waals surface area contributed by atoms with Crippen molar-refractivity contribution in [2.75, 3.05) is 27.4 Å². The summed E-state index contributed by atoms with van der Waals surface area (Å²) in [4.78, 5) is 41.0. The van der Waals surface area contributed by atoms with Crippen molar-refractivity contribution in [2.24, 2.45) is 0 Å². The van der Waals surface area contributed by atoms with E-state index in [-0.39, 0.29) is 13.2 Å². The molecule has 0 rings (SSSR count). The maximum atomic E-state index is 10.4. The minimum absolute atomic E-state index is 0.192. The topological polar surface area (TPSA) is 105 Å². The smallest absolute Gasteiger partial charge is 0.417 e. The van der Waals surface area contributed by atoms with Gasteiger partial charge in [-0.15, -0.1) is 0 Å². The molecule has 0 saturated heterocycles. The molecule has 0 spiro atoms. The van der Waals surface area contributed by atoms with Gasteiger partial charge >= 0.3 is 23.9 Å². The highest BCUT2D eigenvalue weighted by Crippen LogP contribution is 1.83. The highest BCUT2D eigenvalue weighted by molar-refractivity contribution is 6.29. The second-order valence-corrected chi connectivity index (χ2v) is 2.42. The van der Waals surface area contributed by atoms with Crippen LogP contribution in [0.25, 0.3) is 0 Å². The third kappa shape index (κ3) is 9.13. The molecule has 0 unspecified atom stereocenters. The van der Waals surface area contributed by atoms with Gasteiger partial charge in [-0.2, -0.15) is 0 Å². The summed E-state index contributed by atoms with van der Waals surface area (Å²) in [6, 6.07) is 0. The number of hydrogen-bond donors (Lipinski definition) is 0. The lowest BCUT2D eigenvalue weighted by molar-refractivity contribution is -0.167. The number of esters is 4. The summed E-state index contributed by atoms with van der Waals surface area (Å²) >= 11 is 0. The molecule has 0 aromatic carbocycles. The summed E-state index contributed by atoms with van der Waals surface area (Å²) in [6.45, 7) is 3.63. The van der Waals surface area contributed by atoms with E-state index in [2.05, 4.69) is 18.9 Å². The van der Waals surface area contributed by atoms with Crippen LogP contribution in [0.1, 0.15) is 13.8 Å². The molecular formula is C10H16O8. The Kier molecular flexibility index (Phi) is 11.5. The van der Waals surface area contributed by atoms with Crippen LogP contribution in [0, 0.1) is 0 Å². The Morgan fingerprint density at radius 1 is 0.667 bits per heavy atom. The normalized spacial score (nSPS) is 8.22. The Labute approximate surface area is 104 Å². The molecule has 0 atom stereocenters. The fourth-order valence-corrected chi connectivity index (χ4v) is 0.547. The second-order valence-electron chi connectivity index (χ2n) is 2.42. The predicted molar refractivity (Wildman–Crippen MR) is 57.3 cm³/mol. The molecule has 8 nitrogen and oxygen atoms in total. The van der Waals surface area contributed by atoms with Gasteiger partial charge in [0, 0.05) is 0 Å². The van der Waals surface area contributed by atoms with E-state index in [1.54, 1.807) is 13.8 Å². The Bertz CT molecular complexity index is 266. The molecule has 0 aliphatic carbocycles. The van der Waals surface area contributed by atoms with Crippen LogP contribution in [0.15, 0.2) is 0 Å². The van der Waals surface area contributed by atoms with E-state index >= 15 is 0 Å². The van der Waals surface area contributed by atoms with Gasteiger partial charge < -0.3 is 18.9 Å². The van der Waals surface area contributed by atoms with Gasteiger partial charge in [0.05, 0.1) is 27.4 Å². The van der Waals surface area contributed by atoms with Gasteiger partial charge in [-0.3, -0.25) is 0 Å². The standard InChI is InChI=1S/C6H10O4.C4H6O4/c1-3-9-5(7)6(8)10-4-2;1-7-3(5)4(6)8-2/h3-4H2,1-2H3;1-2H3. The van der Waals surface area contributed by atoms with Gasteiger partial charge in [-0.1, -0.05) is 0 Å². The minimum Gasteiger partial charge on any atom is -0.461 e. The Balaban J connectivity index is 0. The first-order valence-electron chi connectivity index (χ1n) is 4.94. The molecule has 104 valence electrons. The van der Waals surface area contributed by atoms with E-state index < -0.39 is 23.9 Å². The fourth-order valence-electron chi connectivity index (χ4n) is 0.547. The Hall–Kier alpha value is -2.12. The third-order valence-electron chi connectivity index (χ3n) is 1.25. The summed E-state index contributed by atoms with van der Waals surface area (Å²) in [6.07, 6.45) is 0. The van der Waals surface area contributed by atoms with E-state index in [4.69, 9.17) is 0 Å². The SMILES string of the molecule is CCOC(=O)C(=O)OCC.COC(=O)C(=O)OC. The average molecular weight is 264 g/mol. The van der Waals surface area contributed by atoms with Crippen LogP contribution < -0.4 is 0 Å². The average Bonchev–Trinajstić information content (AvgIpc) is 2.38. The van der Waals surface area contributed by atoms with Crippen LogP contribution in [-0.4, -0.2) is 51.3 Å². The second kappa shape index (κ2) is 11.4. The monoisotopic (exact) mass is 264 g/mol. The molecule has 0 bridgehead atoms. The number of ether oxygens (including phenoxy) is 4. The molecule has 0 amide bonds. The molecule has 0 N–H and O–H groups in total. The van der Waals surface area contributed by atoms with Crippen molar-refractivity contribution in [1.29, 1.82) is 0 Å². The maximum Gasteiger partial charge on any atom is 0.417 e. The molecule has 0 aliphatic rings. The summed E-state index contributed by atoms with van der Waals surface area (Å²) in [5.41, 5.74) is 0. The van der Waals surface area contributed by atoms with Gasteiger partial charge in [0.25, 0.3) is 0 Å². The van der Waals surface area contributed by atoms with Crippen molar-refractivity contribution in [3.8, 4) is 0 Å². The number of carbonyl (C=O) groups is 4. The lowest BCUT2D eigenvalue weighted by atomic mass is 10.7. The molecule has 18 heavy (non-hydrogen) atoms. The molecule has 0 fully saturated rings. The van der Waals surface area contributed by atoms with Gasteiger partial charge in [0.1, 0.15) is 0 Å². The van der Waals surface area contributed by atoms with Crippen molar-refractivity contribution in [3.05, 3.63) is 0 Å². The zero-order chi connectivity index (χ0) is 14.6. The van der Waals surface area contributed by atoms with Gasteiger partial charge in [0.15, 0.2) is 0 Å². The quantitative estimate of drug-likeness (QED) is 0.371. The van der Waals surface area contributed by atoms with Crippen molar-refractivity contribution in [2.45, 2.75) is 13.8 Å². The lowest BCUT2D eigenvalue weighted by Crippen LogP contribution is -2.19. The minimum atomic E-state index is -0.979. The van der Waals surface area contributed by atoms with Crippen molar-refractivity contribution in [1.82, 2.24) is 0 Å². The summed E-state index contributed by atoms with van der Waals surface area (Å²) in [5, 5.41) is 0. The summed E-state index contributed by atoms with van der Waals surface area (Å²) in [7, 11) is 2.22. The highest BCUT2D eigenvalue weighted by Gasteiger charge is 2.14. The Morgan fingerprint density at radius 2 is 0.944 bits per heavy atom. The highest BCUT2D eigenvalue weighted by atomic mass is 16.6. The number of rotatable bonds is 2. The van der Waals surface area contributed by atoms with Crippen LogP contribution in [0.2, 0.25) is 0 Å². The largest absolute Gasteiger partial charge is 0.461 e. The summed E-state index contributed by atoms with van der Waals surface area (Å²) in [5.74, 6) is -3.81. The molecule has 0 saturated carbocycles. The molecular weight excluding hydrogens is 248 g/mol.